The third-order valence-electron chi connectivity index (χ3n) is 5.27. The maximum atomic E-state index is 13.0. The van der Waals surface area contributed by atoms with Gasteiger partial charge < -0.3 is 4.90 Å². The second-order valence-corrected chi connectivity index (χ2v) is 6.88. The van der Waals surface area contributed by atoms with E-state index in [2.05, 4.69) is 17.2 Å². The minimum absolute atomic E-state index is 0.152. The van der Waals surface area contributed by atoms with E-state index >= 15 is 0 Å². The molecule has 1 amide bonds. The molecule has 0 spiro atoms. The lowest BCUT2D eigenvalue weighted by Gasteiger charge is -2.29. The highest BCUT2D eigenvalue weighted by Gasteiger charge is 2.27. The van der Waals surface area contributed by atoms with Crippen LogP contribution in [0.1, 0.15) is 47.3 Å². The topological polar surface area (TPSA) is 61.9 Å². The number of nitriles is 1. The fraction of sp³-hybridized carbons (Fsp3) is 0.381. The summed E-state index contributed by atoms with van der Waals surface area (Å²) in [5.74, 6) is -0.0344. The molecule has 0 fully saturated rings. The fourth-order valence-corrected chi connectivity index (χ4v) is 3.70. The van der Waals surface area contributed by atoms with Gasteiger partial charge in [0, 0.05) is 31.4 Å². The molecule has 0 aliphatic carbocycles. The summed E-state index contributed by atoms with van der Waals surface area (Å²) >= 11 is 0. The van der Waals surface area contributed by atoms with E-state index in [1.54, 1.807) is 0 Å². The van der Waals surface area contributed by atoms with Crippen molar-refractivity contribution in [3.63, 3.8) is 0 Å². The second kappa shape index (κ2) is 7.17. The number of aromatic nitrogens is 2. The van der Waals surface area contributed by atoms with Crippen LogP contribution in [0.3, 0.4) is 0 Å². The van der Waals surface area contributed by atoms with E-state index in [1.807, 2.05) is 61.7 Å². The Morgan fingerprint density at radius 2 is 1.96 bits per heavy atom. The van der Waals surface area contributed by atoms with Gasteiger partial charge in [-0.2, -0.15) is 10.4 Å². The molecule has 5 nitrogen and oxygen atoms in total. The number of hydrogen-bond acceptors (Lipinski definition) is 3. The van der Waals surface area contributed by atoms with Crippen molar-refractivity contribution in [2.24, 2.45) is 7.05 Å². The maximum absolute atomic E-state index is 13.0. The van der Waals surface area contributed by atoms with Gasteiger partial charge in [-0.05, 0) is 50.5 Å². The lowest BCUT2D eigenvalue weighted by atomic mass is 9.95. The minimum atomic E-state index is -0.187. The number of benzene rings is 1. The zero-order chi connectivity index (χ0) is 18.8. The molecule has 26 heavy (non-hydrogen) atoms. The number of rotatable bonds is 3. The van der Waals surface area contributed by atoms with Crippen LogP contribution < -0.4 is 0 Å². The minimum Gasteiger partial charge on any atom is -0.338 e. The second-order valence-electron chi connectivity index (χ2n) is 6.88. The van der Waals surface area contributed by atoms with Gasteiger partial charge >= 0.3 is 0 Å². The summed E-state index contributed by atoms with van der Waals surface area (Å²) in [6, 6.07) is 9.77. The van der Waals surface area contributed by atoms with Gasteiger partial charge in [0.05, 0.1) is 23.2 Å². The molecule has 0 N–H and O–H groups in total. The molecule has 1 aromatic heterocycles. The molecular formula is C21H24N4O. The third-order valence-corrected chi connectivity index (χ3v) is 5.27. The van der Waals surface area contributed by atoms with Crippen LogP contribution in [0.2, 0.25) is 0 Å². The number of carbonyl (C=O) groups excluding carboxylic acids is 1. The van der Waals surface area contributed by atoms with Crippen molar-refractivity contribution in [3.05, 3.63) is 58.4 Å². The van der Waals surface area contributed by atoms with Gasteiger partial charge in [-0.25, -0.2) is 0 Å². The standard InChI is InChI=1S/C21H24N4O/c1-14(20-15(2)23-24(4)16(20)3)21(26)25-11-9-19(10-12-25)18-7-5-17(13-22)6-8-18/h5-9,14H,10-12H2,1-4H3. The molecule has 5 heteroatoms. The molecule has 0 radical (unpaired) electrons. The first-order valence-electron chi connectivity index (χ1n) is 8.90. The van der Waals surface area contributed by atoms with Crippen molar-refractivity contribution in [3.8, 4) is 6.07 Å². The van der Waals surface area contributed by atoms with E-state index in [4.69, 9.17) is 5.26 Å². The van der Waals surface area contributed by atoms with Crippen LogP contribution in [0.25, 0.3) is 5.57 Å². The molecule has 134 valence electrons. The van der Waals surface area contributed by atoms with Gasteiger partial charge in [-0.3, -0.25) is 9.48 Å². The third kappa shape index (κ3) is 3.28. The summed E-state index contributed by atoms with van der Waals surface area (Å²) < 4.78 is 1.84. The molecule has 0 bridgehead atoms. The fourth-order valence-electron chi connectivity index (χ4n) is 3.70. The Hall–Kier alpha value is -2.87. The van der Waals surface area contributed by atoms with Crippen LogP contribution in [0.15, 0.2) is 30.3 Å². The van der Waals surface area contributed by atoms with Crippen LogP contribution in [0.5, 0.6) is 0 Å². The van der Waals surface area contributed by atoms with Gasteiger partial charge in [0.15, 0.2) is 0 Å². The molecule has 2 aromatic rings. The highest BCUT2D eigenvalue weighted by molar-refractivity contribution is 5.85. The van der Waals surface area contributed by atoms with Crippen molar-refractivity contribution in [2.45, 2.75) is 33.1 Å². The largest absolute Gasteiger partial charge is 0.338 e. The predicted octanol–water partition coefficient (Wildman–Crippen LogP) is 3.33. The van der Waals surface area contributed by atoms with E-state index in [0.29, 0.717) is 18.7 Å². The lowest BCUT2D eigenvalue weighted by Crippen LogP contribution is -2.37. The van der Waals surface area contributed by atoms with E-state index < -0.39 is 0 Å². The zero-order valence-corrected chi connectivity index (χ0v) is 15.8. The van der Waals surface area contributed by atoms with Crippen molar-refractivity contribution >= 4 is 11.5 Å². The molecule has 1 unspecified atom stereocenters. The van der Waals surface area contributed by atoms with Crippen molar-refractivity contribution in [2.75, 3.05) is 13.1 Å². The summed E-state index contributed by atoms with van der Waals surface area (Å²) in [5.41, 5.74) is 6.05. The van der Waals surface area contributed by atoms with E-state index in [0.717, 1.165) is 28.9 Å². The van der Waals surface area contributed by atoms with Gasteiger partial charge in [-0.1, -0.05) is 18.2 Å². The Balaban J connectivity index is 1.73. The van der Waals surface area contributed by atoms with E-state index in [-0.39, 0.29) is 11.8 Å². The molecule has 1 aliphatic rings. The van der Waals surface area contributed by atoms with Crippen molar-refractivity contribution in [1.29, 1.82) is 5.26 Å². The summed E-state index contributed by atoms with van der Waals surface area (Å²) in [5, 5.41) is 13.3. The highest BCUT2D eigenvalue weighted by Crippen LogP contribution is 2.28. The number of amides is 1. The number of nitrogens with zero attached hydrogens (tertiary/aromatic N) is 4. The van der Waals surface area contributed by atoms with Crippen LogP contribution in [-0.2, 0) is 11.8 Å². The molecule has 0 saturated carbocycles. The summed E-state index contributed by atoms with van der Waals surface area (Å²) in [6.07, 6.45) is 2.95. The normalized spacial score (nSPS) is 15.3. The molecule has 1 atom stereocenters. The molecule has 2 heterocycles. The maximum Gasteiger partial charge on any atom is 0.230 e. The van der Waals surface area contributed by atoms with Gasteiger partial charge in [0.25, 0.3) is 0 Å². The van der Waals surface area contributed by atoms with Gasteiger partial charge in [0.2, 0.25) is 5.91 Å². The molecular weight excluding hydrogens is 324 g/mol. The van der Waals surface area contributed by atoms with Crippen molar-refractivity contribution < 1.29 is 4.79 Å². The Bertz CT molecular complexity index is 899. The zero-order valence-electron chi connectivity index (χ0n) is 15.8. The number of hydrogen-bond donors (Lipinski definition) is 0. The predicted molar refractivity (Wildman–Crippen MR) is 101 cm³/mol. The Morgan fingerprint density at radius 3 is 2.46 bits per heavy atom. The van der Waals surface area contributed by atoms with Crippen LogP contribution in [-0.4, -0.2) is 33.7 Å². The lowest BCUT2D eigenvalue weighted by molar-refractivity contribution is -0.132. The molecule has 1 aliphatic heterocycles. The van der Waals surface area contributed by atoms with Crippen LogP contribution >= 0.6 is 0 Å². The molecule has 1 aromatic carbocycles. The SMILES string of the molecule is Cc1nn(C)c(C)c1C(C)C(=O)N1CC=C(c2ccc(C#N)cc2)CC1. The Morgan fingerprint density at radius 1 is 1.27 bits per heavy atom. The summed E-state index contributed by atoms with van der Waals surface area (Å²) in [4.78, 5) is 14.9. The first-order chi connectivity index (χ1) is 12.4. The first kappa shape index (κ1) is 17.9. The number of carbonyl (C=O) groups is 1. The summed E-state index contributed by atoms with van der Waals surface area (Å²) in [6.45, 7) is 7.28. The first-order valence-corrected chi connectivity index (χ1v) is 8.90. The smallest absolute Gasteiger partial charge is 0.230 e. The van der Waals surface area contributed by atoms with E-state index in [9.17, 15) is 4.79 Å². The van der Waals surface area contributed by atoms with Crippen molar-refractivity contribution in [1.82, 2.24) is 14.7 Å². The van der Waals surface area contributed by atoms with Crippen LogP contribution in [0, 0.1) is 25.2 Å². The quantitative estimate of drug-likeness (QED) is 0.855. The molecule has 0 saturated heterocycles. The Kier molecular flexibility index (Phi) is 4.94. The van der Waals surface area contributed by atoms with E-state index in [1.165, 1.54) is 5.57 Å². The van der Waals surface area contributed by atoms with Crippen LogP contribution in [0.4, 0.5) is 0 Å². The van der Waals surface area contributed by atoms with Gasteiger partial charge in [-0.15, -0.1) is 0 Å². The Labute approximate surface area is 154 Å². The highest BCUT2D eigenvalue weighted by atomic mass is 16.2. The summed E-state index contributed by atoms with van der Waals surface area (Å²) in [7, 11) is 1.91. The molecule has 3 rings (SSSR count). The monoisotopic (exact) mass is 348 g/mol. The van der Waals surface area contributed by atoms with Gasteiger partial charge in [0.1, 0.15) is 0 Å². The number of aryl methyl sites for hydroxylation is 2. The average Bonchev–Trinajstić information content (AvgIpc) is 2.92. The average molecular weight is 348 g/mol.